The molecule has 2 aromatic carbocycles. The van der Waals surface area contributed by atoms with E-state index in [0.29, 0.717) is 11.8 Å². The van der Waals surface area contributed by atoms with Crippen molar-refractivity contribution in [2.45, 2.75) is 38.1 Å². The van der Waals surface area contributed by atoms with Gasteiger partial charge in [0.15, 0.2) is 0 Å². The Hall–Kier alpha value is -2.33. The second kappa shape index (κ2) is 6.19. The summed E-state index contributed by atoms with van der Waals surface area (Å²) < 4.78 is 5.53. The molecule has 1 heterocycles. The van der Waals surface area contributed by atoms with Gasteiger partial charge in [0.05, 0.1) is 0 Å². The number of benzene rings is 2. The predicted octanol–water partition coefficient (Wildman–Crippen LogP) is 4.21. The van der Waals surface area contributed by atoms with Crippen molar-refractivity contribution < 1.29 is 9.53 Å². The maximum absolute atomic E-state index is 12.1. The number of rotatable bonds is 3. The summed E-state index contributed by atoms with van der Waals surface area (Å²) in [5.74, 6) is 0.615. The topological polar surface area (TPSA) is 41.6 Å². The lowest BCUT2D eigenvalue weighted by molar-refractivity contribution is 0.215. The molecule has 130 valence electrons. The second-order valence-corrected chi connectivity index (χ2v) is 7.22. The summed E-state index contributed by atoms with van der Waals surface area (Å²) in [5, 5.41) is 2.76. The Kier molecular flexibility index (Phi) is 4.00. The number of para-hydroxylation sites is 1. The first kappa shape index (κ1) is 16.2. The number of ether oxygens (including phenoxy) is 1. The Morgan fingerprint density at radius 1 is 1.28 bits per heavy atom. The molecule has 1 fully saturated rings. The minimum absolute atomic E-state index is 0.167. The second-order valence-electron chi connectivity index (χ2n) is 7.22. The molecule has 0 saturated carbocycles. The summed E-state index contributed by atoms with van der Waals surface area (Å²) in [6.45, 7) is 6.83. The maximum atomic E-state index is 12.1. The van der Waals surface area contributed by atoms with E-state index in [4.69, 9.17) is 4.74 Å². The summed E-state index contributed by atoms with van der Waals surface area (Å²) in [5.41, 5.74) is 3.63. The summed E-state index contributed by atoms with van der Waals surface area (Å²) in [6.07, 6.45) is 1.81. The molecule has 1 N–H and O–H groups in total. The highest BCUT2D eigenvalue weighted by molar-refractivity contribution is 5.86. The lowest BCUT2D eigenvalue weighted by Gasteiger charge is -2.29. The molecule has 25 heavy (non-hydrogen) atoms. The highest BCUT2D eigenvalue weighted by Crippen LogP contribution is 2.48. The van der Waals surface area contributed by atoms with Crippen LogP contribution in [0.2, 0.25) is 0 Å². The number of hydrogen-bond acceptors (Lipinski definition) is 3. The zero-order chi connectivity index (χ0) is 17.4. The molecule has 0 unspecified atom stereocenters. The van der Waals surface area contributed by atoms with Gasteiger partial charge < -0.3 is 4.74 Å². The molecule has 2 atom stereocenters. The number of likely N-dealkylation sites (tertiary alicyclic amines) is 1. The lowest BCUT2D eigenvalue weighted by atomic mass is 9.80. The van der Waals surface area contributed by atoms with Crippen molar-refractivity contribution in [3.05, 3.63) is 59.7 Å². The van der Waals surface area contributed by atoms with Crippen LogP contribution in [0.5, 0.6) is 5.75 Å². The van der Waals surface area contributed by atoms with Gasteiger partial charge in [0.25, 0.3) is 0 Å². The highest BCUT2D eigenvalue weighted by atomic mass is 16.6. The van der Waals surface area contributed by atoms with Crippen LogP contribution in [0.4, 0.5) is 10.5 Å². The van der Waals surface area contributed by atoms with E-state index in [1.807, 2.05) is 36.4 Å². The minimum Gasteiger partial charge on any atom is -0.410 e. The third kappa shape index (κ3) is 2.81. The van der Waals surface area contributed by atoms with Gasteiger partial charge in [0.2, 0.25) is 0 Å². The molecule has 4 rings (SSSR count). The maximum Gasteiger partial charge on any atom is 0.417 e. The van der Waals surface area contributed by atoms with Crippen LogP contribution in [-0.4, -0.2) is 30.1 Å². The van der Waals surface area contributed by atoms with E-state index in [9.17, 15) is 4.79 Å². The smallest absolute Gasteiger partial charge is 0.410 e. The summed E-state index contributed by atoms with van der Waals surface area (Å²) in [7, 11) is 0. The number of carbonyl (C=O) groups is 1. The predicted molar refractivity (Wildman–Crippen MR) is 99.2 cm³/mol. The molecular formula is C21H24N2O2. The third-order valence-electron chi connectivity index (χ3n) is 5.84. The molecule has 0 aromatic heterocycles. The monoisotopic (exact) mass is 336 g/mol. The van der Waals surface area contributed by atoms with Crippen molar-refractivity contribution >= 4 is 11.8 Å². The summed E-state index contributed by atoms with van der Waals surface area (Å²) in [4.78, 5) is 14.7. The van der Waals surface area contributed by atoms with Crippen LogP contribution in [0.3, 0.4) is 0 Å². The molecule has 0 spiro atoms. The molecular weight excluding hydrogens is 312 g/mol. The van der Waals surface area contributed by atoms with Crippen LogP contribution in [0.15, 0.2) is 48.5 Å². The van der Waals surface area contributed by atoms with Crippen molar-refractivity contribution in [1.82, 2.24) is 4.90 Å². The normalized spacial score (nSPS) is 24.6. The molecule has 1 amide bonds. The van der Waals surface area contributed by atoms with Gasteiger partial charge in [-0.25, -0.2) is 4.79 Å². The van der Waals surface area contributed by atoms with Gasteiger partial charge in [0, 0.05) is 17.1 Å². The number of anilines is 1. The molecule has 1 aliphatic carbocycles. The van der Waals surface area contributed by atoms with Gasteiger partial charge >= 0.3 is 6.09 Å². The molecule has 2 aliphatic rings. The van der Waals surface area contributed by atoms with Crippen LogP contribution in [0.1, 0.15) is 31.4 Å². The van der Waals surface area contributed by atoms with E-state index in [1.165, 1.54) is 11.1 Å². The average molecular weight is 336 g/mol. The van der Waals surface area contributed by atoms with Crippen LogP contribution in [-0.2, 0) is 11.8 Å². The van der Waals surface area contributed by atoms with E-state index < -0.39 is 6.09 Å². The first-order chi connectivity index (χ1) is 12.1. The standard InChI is InChI=1S/C21H24N2O2/c1-3-23-12-11-21(2)18-14-17(10-9-15(18)13-19(21)23)25-20(24)22-16-7-5-4-6-8-16/h4-10,14,19H,3,11-13H2,1-2H3,(H,22,24)/t19-,21+/m0/s1. The fraction of sp³-hybridized carbons (Fsp3) is 0.381. The Morgan fingerprint density at radius 3 is 2.84 bits per heavy atom. The van der Waals surface area contributed by atoms with Crippen LogP contribution in [0.25, 0.3) is 0 Å². The van der Waals surface area contributed by atoms with E-state index >= 15 is 0 Å². The van der Waals surface area contributed by atoms with E-state index in [2.05, 4.69) is 36.2 Å². The van der Waals surface area contributed by atoms with Gasteiger partial charge in [-0.3, -0.25) is 10.2 Å². The zero-order valence-electron chi connectivity index (χ0n) is 14.8. The summed E-state index contributed by atoms with van der Waals surface area (Å²) >= 11 is 0. The van der Waals surface area contributed by atoms with Crippen LogP contribution < -0.4 is 10.1 Å². The van der Waals surface area contributed by atoms with Crippen LogP contribution >= 0.6 is 0 Å². The minimum atomic E-state index is -0.451. The molecule has 1 saturated heterocycles. The molecule has 4 heteroatoms. The molecule has 0 bridgehead atoms. The van der Waals surface area contributed by atoms with E-state index in [-0.39, 0.29) is 5.41 Å². The van der Waals surface area contributed by atoms with Crippen molar-refractivity contribution in [2.75, 3.05) is 18.4 Å². The largest absolute Gasteiger partial charge is 0.417 e. The van der Waals surface area contributed by atoms with E-state index in [0.717, 1.165) is 31.6 Å². The van der Waals surface area contributed by atoms with Crippen molar-refractivity contribution in [3.63, 3.8) is 0 Å². The number of nitrogens with zero attached hydrogens (tertiary/aromatic N) is 1. The number of amides is 1. The Labute approximate surface area is 148 Å². The fourth-order valence-corrected chi connectivity index (χ4v) is 4.46. The van der Waals surface area contributed by atoms with Crippen molar-refractivity contribution in [1.29, 1.82) is 0 Å². The fourth-order valence-electron chi connectivity index (χ4n) is 4.46. The first-order valence-corrected chi connectivity index (χ1v) is 9.01. The number of nitrogens with one attached hydrogen (secondary N) is 1. The Bertz CT molecular complexity index is 790. The summed E-state index contributed by atoms with van der Waals surface area (Å²) in [6, 6.07) is 16.0. The number of carbonyl (C=O) groups excluding carboxylic acids is 1. The number of fused-ring (bicyclic) bond motifs is 3. The van der Waals surface area contributed by atoms with Crippen LogP contribution in [0, 0.1) is 0 Å². The van der Waals surface area contributed by atoms with Gasteiger partial charge in [-0.05, 0) is 61.3 Å². The molecule has 1 aliphatic heterocycles. The first-order valence-electron chi connectivity index (χ1n) is 9.01. The van der Waals surface area contributed by atoms with Crippen molar-refractivity contribution in [3.8, 4) is 5.75 Å². The molecule has 0 radical (unpaired) electrons. The Morgan fingerprint density at radius 2 is 2.08 bits per heavy atom. The van der Waals surface area contributed by atoms with Gasteiger partial charge in [0.1, 0.15) is 5.75 Å². The van der Waals surface area contributed by atoms with E-state index in [1.54, 1.807) is 0 Å². The molecule has 4 nitrogen and oxygen atoms in total. The molecule has 2 aromatic rings. The highest BCUT2D eigenvalue weighted by Gasteiger charge is 2.49. The zero-order valence-corrected chi connectivity index (χ0v) is 14.8. The van der Waals surface area contributed by atoms with Gasteiger partial charge in [-0.1, -0.05) is 38.1 Å². The number of likely N-dealkylation sites (N-methyl/N-ethyl adjacent to an activating group) is 1. The van der Waals surface area contributed by atoms with Gasteiger partial charge in [-0.2, -0.15) is 0 Å². The third-order valence-corrected chi connectivity index (χ3v) is 5.84. The van der Waals surface area contributed by atoms with Crippen molar-refractivity contribution in [2.24, 2.45) is 0 Å². The average Bonchev–Trinajstić information content (AvgIpc) is 3.07. The quantitative estimate of drug-likeness (QED) is 0.913. The SMILES string of the molecule is CCN1CC[C@]2(C)c3cc(OC(=O)Nc4ccccc4)ccc3C[C@H]12. The Balaban J connectivity index is 1.52. The number of hydrogen-bond donors (Lipinski definition) is 1. The lowest BCUT2D eigenvalue weighted by Crippen LogP contribution is -2.37. The van der Waals surface area contributed by atoms with Gasteiger partial charge in [-0.15, -0.1) is 0 Å².